The molecule has 0 aliphatic carbocycles. The van der Waals surface area contributed by atoms with Crippen LogP contribution >= 0.6 is 11.3 Å². The minimum Gasteiger partial charge on any atom is -0.497 e. The van der Waals surface area contributed by atoms with E-state index in [-0.39, 0.29) is 5.91 Å². The van der Waals surface area contributed by atoms with Crippen molar-refractivity contribution >= 4 is 28.1 Å². The van der Waals surface area contributed by atoms with Crippen LogP contribution in [0.25, 0.3) is 21.7 Å². The number of carbonyl (C=O) groups excluding carboxylic acids is 1. The topological polar surface area (TPSA) is 51.7 Å². The molecule has 0 aliphatic heterocycles. The molecule has 0 saturated heterocycles. The van der Waals surface area contributed by atoms with Gasteiger partial charge in [-0.3, -0.25) is 9.69 Å². The molecule has 1 amide bonds. The number of aromatic nitrogens is 1. The molecule has 0 saturated carbocycles. The molecule has 6 heteroatoms. The quantitative estimate of drug-likeness (QED) is 0.236. The van der Waals surface area contributed by atoms with Crippen molar-refractivity contribution in [1.29, 1.82) is 0 Å². The van der Waals surface area contributed by atoms with Crippen molar-refractivity contribution < 1.29 is 14.3 Å². The second-order valence-corrected chi connectivity index (χ2v) is 8.95. The summed E-state index contributed by atoms with van der Waals surface area (Å²) < 4.78 is 10.6. The summed E-state index contributed by atoms with van der Waals surface area (Å²) in [6.07, 6.45) is 0. The summed E-state index contributed by atoms with van der Waals surface area (Å²) in [4.78, 5) is 21.5. The van der Waals surface area contributed by atoms with Gasteiger partial charge >= 0.3 is 0 Å². The fourth-order valence-electron chi connectivity index (χ4n) is 3.89. The zero-order valence-corrected chi connectivity index (χ0v) is 20.7. The highest BCUT2D eigenvalue weighted by Gasteiger charge is 2.26. The Morgan fingerprint density at radius 2 is 1.25 bits per heavy atom. The van der Waals surface area contributed by atoms with Crippen LogP contribution in [0.3, 0.4) is 0 Å². The highest BCUT2D eigenvalue weighted by molar-refractivity contribution is 7.19. The van der Waals surface area contributed by atoms with Crippen molar-refractivity contribution in [2.75, 3.05) is 19.1 Å². The number of para-hydroxylation sites is 1. The summed E-state index contributed by atoms with van der Waals surface area (Å²) in [5.74, 6) is 1.30. The first-order valence-corrected chi connectivity index (χ1v) is 12.2. The monoisotopic (exact) mass is 492 g/mol. The zero-order chi connectivity index (χ0) is 24.9. The van der Waals surface area contributed by atoms with Gasteiger partial charge in [-0.2, -0.15) is 0 Å². The molecule has 0 unspecified atom stereocenters. The Balaban J connectivity index is 1.66. The molecule has 0 aliphatic rings. The van der Waals surface area contributed by atoms with Crippen LogP contribution in [0.15, 0.2) is 109 Å². The van der Waals surface area contributed by atoms with Gasteiger partial charge < -0.3 is 9.47 Å². The molecule has 1 heterocycles. The molecule has 0 radical (unpaired) electrons. The molecule has 1 aromatic heterocycles. The number of anilines is 2. The number of hydrogen-bond acceptors (Lipinski definition) is 5. The molecule has 0 spiro atoms. The van der Waals surface area contributed by atoms with Crippen LogP contribution < -0.4 is 14.4 Å². The maximum absolute atomic E-state index is 13.9. The van der Waals surface area contributed by atoms with E-state index >= 15 is 0 Å². The van der Waals surface area contributed by atoms with Gasteiger partial charge in [-0.05, 0) is 66.2 Å². The van der Waals surface area contributed by atoms with Gasteiger partial charge in [-0.25, -0.2) is 4.98 Å². The highest BCUT2D eigenvalue weighted by Crippen LogP contribution is 2.43. The third-order valence-corrected chi connectivity index (χ3v) is 6.85. The van der Waals surface area contributed by atoms with Gasteiger partial charge in [-0.1, -0.05) is 59.9 Å². The minimum atomic E-state index is -0.168. The SMILES string of the molecule is COc1ccc(C(=O)N(c2ccccc2)c2nc(-c3ccc(OC)cc3)c(-c3ccccc3)s2)cc1. The smallest absolute Gasteiger partial charge is 0.264 e. The van der Waals surface area contributed by atoms with E-state index in [1.807, 2.05) is 72.8 Å². The zero-order valence-electron chi connectivity index (χ0n) is 19.9. The fourth-order valence-corrected chi connectivity index (χ4v) is 5.00. The first-order valence-electron chi connectivity index (χ1n) is 11.4. The van der Waals surface area contributed by atoms with E-state index in [1.165, 1.54) is 11.3 Å². The van der Waals surface area contributed by atoms with E-state index < -0.39 is 0 Å². The first kappa shape index (κ1) is 23.3. The molecule has 36 heavy (non-hydrogen) atoms. The number of methoxy groups -OCH3 is 2. The molecule has 5 rings (SSSR count). The average Bonchev–Trinajstić information content (AvgIpc) is 3.39. The third kappa shape index (κ3) is 4.72. The van der Waals surface area contributed by atoms with Gasteiger partial charge in [0, 0.05) is 11.1 Å². The van der Waals surface area contributed by atoms with Crippen molar-refractivity contribution in [3.8, 4) is 33.2 Å². The van der Waals surface area contributed by atoms with Crippen LogP contribution in [-0.4, -0.2) is 25.1 Å². The van der Waals surface area contributed by atoms with Crippen LogP contribution in [0.5, 0.6) is 11.5 Å². The predicted molar refractivity (Wildman–Crippen MR) is 145 cm³/mol. The molecule has 5 aromatic rings. The van der Waals surface area contributed by atoms with E-state index in [4.69, 9.17) is 14.5 Å². The molecule has 0 atom stereocenters. The molecular weight excluding hydrogens is 468 g/mol. The Morgan fingerprint density at radius 1 is 0.694 bits per heavy atom. The molecule has 0 bridgehead atoms. The number of rotatable bonds is 7. The van der Waals surface area contributed by atoms with E-state index in [0.717, 1.165) is 33.1 Å². The number of benzene rings is 4. The number of hydrogen-bond donors (Lipinski definition) is 0. The number of ether oxygens (including phenoxy) is 2. The Kier molecular flexibility index (Phi) is 6.78. The maximum Gasteiger partial charge on any atom is 0.264 e. The van der Waals surface area contributed by atoms with E-state index in [0.29, 0.717) is 16.4 Å². The Bertz CT molecular complexity index is 1450. The van der Waals surface area contributed by atoms with Gasteiger partial charge in [0.1, 0.15) is 11.5 Å². The number of thiazole rings is 1. The second kappa shape index (κ2) is 10.5. The van der Waals surface area contributed by atoms with Crippen LogP contribution in [0.2, 0.25) is 0 Å². The largest absolute Gasteiger partial charge is 0.497 e. The minimum absolute atomic E-state index is 0.168. The second-order valence-electron chi connectivity index (χ2n) is 7.97. The summed E-state index contributed by atoms with van der Waals surface area (Å²) >= 11 is 1.49. The van der Waals surface area contributed by atoms with E-state index in [2.05, 4.69) is 12.1 Å². The van der Waals surface area contributed by atoms with Crippen molar-refractivity contribution in [3.05, 3.63) is 115 Å². The lowest BCUT2D eigenvalue weighted by Gasteiger charge is -2.20. The van der Waals surface area contributed by atoms with Crippen molar-refractivity contribution in [3.63, 3.8) is 0 Å². The van der Waals surface area contributed by atoms with Crippen molar-refractivity contribution in [1.82, 2.24) is 4.98 Å². The Labute approximate surface area is 214 Å². The molecule has 4 aromatic carbocycles. The lowest BCUT2D eigenvalue weighted by molar-refractivity contribution is 0.0999. The number of amides is 1. The van der Waals surface area contributed by atoms with Gasteiger partial charge in [0.25, 0.3) is 5.91 Å². The number of carbonyl (C=O) groups is 1. The van der Waals surface area contributed by atoms with Crippen LogP contribution in [0.4, 0.5) is 10.8 Å². The van der Waals surface area contributed by atoms with Gasteiger partial charge in [0.15, 0.2) is 5.13 Å². The molecule has 5 nitrogen and oxygen atoms in total. The molecular formula is C30H24N2O3S. The van der Waals surface area contributed by atoms with Gasteiger partial charge in [-0.15, -0.1) is 0 Å². The average molecular weight is 493 g/mol. The normalized spacial score (nSPS) is 10.6. The summed E-state index contributed by atoms with van der Waals surface area (Å²) in [6.45, 7) is 0. The maximum atomic E-state index is 13.9. The highest BCUT2D eigenvalue weighted by atomic mass is 32.1. The number of nitrogens with zero attached hydrogens (tertiary/aromatic N) is 2. The fraction of sp³-hybridized carbons (Fsp3) is 0.0667. The standard InChI is InChI=1S/C30H24N2O3S/c1-34-25-17-13-21(14-18-25)27-28(22-9-5-3-6-10-22)36-30(31-27)32(24-11-7-4-8-12-24)29(33)23-15-19-26(35-2)20-16-23/h3-20H,1-2H3. The van der Waals surface area contributed by atoms with Crippen molar-refractivity contribution in [2.45, 2.75) is 0 Å². The summed E-state index contributed by atoms with van der Waals surface area (Å²) in [7, 11) is 3.25. The van der Waals surface area contributed by atoms with Crippen molar-refractivity contribution in [2.24, 2.45) is 0 Å². The Morgan fingerprint density at radius 3 is 1.83 bits per heavy atom. The molecule has 178 valence electrons. The lowest BCUT2D eigenvalue weighted by Crippen LogP contribution is -2.25. The predicted octanol–water partition coefficient (Wildman–Crippen LogP) is 7.47. The first-order chi connectivity index (χ1) is 17.7. The summed E-state index contributed by atoms with van der Waals surface area (Å²) in [5.41, 5.74) is 4.08. The van der Waals surface area contributed by atoms with Crippen LogP contribution in [0, 0.1) is 0 Å². The Hall–Kier alpha value is -4.42. The molecule has 0 fully saturated rings. The lowest BCUT2D eigenvalue weighted by atomic mass is 10.1. The van der Waals surface area contributed by atoms with Crippen LogP contribution in [0.1, 0.15) is 10.4 Å². The third-order valence-electron chi connectivity index (χ3n) is 5.76. The van der Waals surface area contributed by atoms with Crippen LogP contribution in [-0.2, 0) is 0 Å². The van der Waals surface area contributed by atoms with Gasteiger partial charge in [0.2, 0.25) is 0 Å². The van der Waals surface area contributed by atoms with E-state index in [1.54, 1.807) is 43.4 Å². The molecule has 0 N–H and O–H groups in total. The van der Waals surface area contributed by atoms with Gasteiger partial charge in [0.05, 0.1) is 30.5 Å². The summed E-state index contributed by atoms with van der Waals surface area (Å²) in [5, 5.41) is 0.590. The van der Waals surface area contributed by atoms with E-state index in [9.17, 15) is 4.79 Å². The summed E-state index contributed by atoms with van der Waals surface area (Å²) in [6, 6.07) is 34.6.